The smallest absolute Gasteiger partial charge is 0.335 e. The SMILES string of the molecule is Cc1cc(Cl)ccc1OCC(=O)N(c1cc(-n2c(=O)cc(C(F)F)n(C)c2=O)c(Cl)cc1Cl)S(C)(=O)=O. The Bertz CT molecular complexity index is 1620. The van der Waals surface area contributed by atoms with Crippen LogP contribution in [0.4, 0.5) is 14.5 Å². The third kappa shape index (κ3) is 5.98. The molecule has 0 aliphatic rings. The summed E-state index contributed by atoms with van der Waals surface area (Å²) >= 11 is 18.3. The largest absolute Gasteiger partial charge is 0.483 e. The number of carbonyl (C=O) groups is 1. The van der Waals surface area contributed by atoms with Gasteiger partial charge in [0.2, 0.25) is 10.0 Å². The second-order valence-corrected chi connectivity index (χ2v) is 10.8. The average molecular weight is 597 g/mol. The van der Waals surface area contributed by atoms with Crippen LogP contribution in [0.5, 0.6) is 5.75 Å². The zero-order valence-electron chi connectivity index (χ0n) is 19.3. The zero-order valence-corrected chi connectivity index (χ0v) is 22.4. The van der Waals surface area contributed by atoms with Crippen molar-refractivity contribution in [1.29, 1.82) is 0 Å². The Hall–Kier alpha value is -2.93. The fourth-order valence-corrected chi connectivity index (χ4v) is 5.16. The van der Waals surface area contributed by atoms with Crippen molar-refractivity contribution < 1.29 is 26.7 Å². The molecule has 3 aromatic rings. The second kappa shape index (κ2) is 10.8. The Labute approximate surface area is 224 Å². The number of anilines is 1. The number of nitrogens with zero attached hydrogens (tertiary/aromatic N) is 3. The van der Waals surface area contributed by atoms with E-state index in [-0.39, 0.29) is 21.5 Å². The maximum absolute atomic E-state index is 13.2. The third-order valence-corrected chi connectivity index (χ3v) is 7.01. The summed E-state index contributed by atoms with van der Waals surface area (Å²) in [5.41, 5.74) is -3.43. The molecule has 0 saturated heterocycles. The Morgan fingerprint density at radius 3 is 2.30 bits per heavy atom. The molecule has 0 aliphatic carbocycles. The van der Waals surface area contributed by atoms with Crippen molar-refractivity contribution in [1.82, 2.24) is 9.13 Å². The lowest BCUT2D eigenvalue weighted by molar-refractivity contribution is -0.119. The Morgan fingerprint density at radius 2 is 1.73 bits per heavy atom. The predicted octanol–water partition coefficient (Wildman–Crippen LogP) is 4.11. The molecular weight excluding hydrogens is 579 g/mol. The molecule has 0 unspecified atom stereocenters. The summed E-state index contributed by atoms with van der Waals surface area (Å²) < 4.78 is 58.4. The molecule has 1 amide bonds. The van der Waals surface area contributed by atoms with Gasteiger partial charge >= 0.3 is 5.69 Å². The van der Waals surface area contributed by atoms with Gasteiger partial charge in [-0.3, -0.25) is 14.2 Å². The molecule has 198 valence electrons. The maximum atomic E-state index is 13.2. The Kier molecular flexibility index (Phi) is 8.37. The van der Waals surface area contributed by atoms with Crippen LogP contribution in [0.3, 0.4) is 0 Å². The van der Waals surface area contributed by atoms with Crippen molar-refractivity contribution in [3.8, 4) is 11.4 Å². The fourth-order valence-electron chi connectivity index (χ4n) is 3.40. The van der Waals surface area contributed by atoms with Gasteiger partial charge in [0.15, 0.2) is 6.61 Å². The van der Waals surface area contributed by atoms with Gasteiger partial charge in [-0.2, -0.15) is 0 Å². The molecule has 0 fully saturated rings. The number of rotatable bonds is 7. The normalized spacial score (nSPS) is 11.6. The highest BCUT2D eigenvalue weighted by Crippen LogP contribution is 2.35. The van der Waals surface area contributed by atoms with Crippen LogP contribution in [-0.2, 0) is 21.9 Å². The standard InChI is InChI=1S/C22H18Cl3F2N3O6S/c1-11-6-12(23)4-5-18(11)36-10-20(32)30(37(3,34)35)16-8-15(13(24)7-14(16)25)29-19(31)9-17(21(26)27)28(2)22(29)33/h4-9,21H,10H2,1-3H3. The van der Waals surface area contributed by atoms with Gasteiger partial charge < -0.3 is 4.74 Å². The minimum Gasteiger partial charge on any atom is -0.483 e. The van der Waals surface area contributed by atoms with Crippen LogP contribution in [0, 0.1) is 6.92 Å². The highest BCUT2D eigenvalue weighted by molar-refractivity contribution is 7.92. The van der Waals surface area contributed by atoms with Crippen molar-refractivity contribution in [3.05, 3.63) is 83.6 Å². The van der Waals surface area contributed by atoms with E-state index in [0.29, 0.717) is 30.1 Å². The van der Waals surface area contributed by atoms with Gasteiger partial charge in [0.05, 0.1) is 33.4 Å². The minimum atomic E-state index is -4.33. The van der Waals surface area contributed by atoms with Crippen LogP contribution in [0.2, 0.25) is 15.1 Å². The molecule has 1 aromatic heterocycles. The molecule has 0 spiro atoms. The summed E-state index contributed by atoms with van der Waals surface area (Å²) in [7, 11) is -3.31. The van der Waals surface area contributed by atoms with Crippen LogP contribution >= 0.6 is 34.8 Å². The summed E-state index contributed by atoms with van der Waals surface area (Å²) in [6, 6.07) is 7.06. The molecule has 2 aromatic carbocycles. The molecule has 1 heterocycles. The highest BCUT2D eigenvalue weighted by atomic mass is 35.5. The van der Waals surface area contributed by atoms with Crippen molar-refractivity contribution in [2.24, 2.45) is 7.05 Å². The van der Waals surface area contributed by atoms with Crippen LogP contribution in [-0.4, -0.2) is 36.3 Å². The van der Waals surface area contributed by atoms with Gasteiger partial charge in [0.25, 0.3) is 17.9 Å². The van der Waals surface area contributed by atoms with Gasteiger partial charge in [-0.15, -0.1) is 0 Å². The summed E-state index contributed by atoms with van der Waals surface area (Å²) in [4.78, 5) is 38.4. The van der Waals surface area contributed by atoms with Crippen LogP contribution in [0.25, 0.3) is 5.69 Å². The molecule has 37 heavy (non-hydrogen) atoms. The van der Waals surface area contributed by atoms with E-state index in [9.17, 15) is 31.6 Å². The predicted molar refractivity (Wildman–Crippen MR) is 136 cm³/mol. The summed E-state index contributed by atoms with van der Waals surface area (Å²) in [5.74, 6) is -0.802. The van der Waals surface area contributed by atoms with E-state index in [0.717, 1.165) is 25.4 Å². The molecule has 0 radical (unpaired) electrons. The third-order valence-electron chi connectivity index (χ3n) is 5.10. The van der Waals surface area contributed by atoms with Crippen LogP contribution in [0.15, 0.2) is 46.0 Å². The van der Waals surface area contributed by atoms with E-state index in [1.807, 2.05) is 0 Å². The second-order valence-electron chi connectivity index (χ2n) is 7.76. The van der Waals surface area contributed by atoms with Crippen molar-refractivity contribution in [3.63, 3.8) is 0 Å². The van der Waals surface area contributed by atoms with E-state index in [1.54, 1.807) is 13.0 Å². The number of ether oxygens (including phenoxy) is 1. The topological polar surface area (TPSA) is 108 Å². The van der Waals surface area contributed by atoms with Crippen molar-refractivity contribution >= 4 is 56.4 Å². The summed E-state index contributed by atoms with van der Waals surface area (Å²) in [6.07, 6.45) is -2.38. The molecule has 0 saturated carbocycles. The first-order valence-corrected chi connectivity index (χ1v) is 13.1. The molecule has 0 atom stereocenters. The van der Waals surface area contributed by atoms with Gasteiger partial charge in [0, 0.05) is 18.1 Å². The molecule has 0 aliphatic heterocycles. The number of carbonyl (C=O) groups excluding carboxylic acids is 1. The Balaban J connectivity index is 2.13. The molecule has 0 bridgehead atoms. The molecular formula is C22H18Cl3F2N3O6S. The number of halogens is 5. The lowest BCUT2D eigenvalue weighted by atomic mass is 10.2. The molecule has 3 rings (SSSR count). The van der Waals surface area contributed by atoms with Crippen LogP contribution < -0.4 is 20.3 Å². The molecule has 9 nitrogen and oxygen atoms in total. The first-order valence-electron chi connectivity index (χ1n) is 10.2. The fraction of sp³-hybridized carbons (Fsp3) is 0.227. The van der Waals surface area contributed by atoms with E-state index >= 15 is 0 Å². The quantitative estimate of drug-likeness (QED) is 0.406. The first-order chi connectivity index (χ1) is 17.1. The van der Waals surface area contributed by atoms with E-state index < -0.39 is 51.6 Å². The number of sulfonamides is 1. The van der Waals surface area contributed by atoms with Gasteiger partial charge in [0.1, 0.15) is 5.75 Å². The van der Waals surface area contributed by atoms with E-state index in [1.165, 1.54) is 12.1 Å². The first kappa shape index (κ1) is 28.6. The number of hydrogen-bond donors (Lipinski definition) is 0. The number of hydrogen-bond acceptors (Lipinski definition) is 6. The van der Waals surface area contributed by atoms with Gasteiger partial charge in [-0.1, -0.05) is 34.8 Å². The van der Waals surface area contributed by atoms with Crippen molar-refractivity contribution in [2.75, 3.05) is 17.2 Å². The van der Waals surface area contributed by atoms with Crippen molar-refractivity contribution in [2.45, 2.75) is 13.3 Å². The monoisotopic (exact) mass is 595 g/mol. The Morgan fingerprint density at radius 1 is 1.08 bits per heavy atom. The average Bonchev–Trinajstić information content (AvgIpc) is 2.77. The number of aryl methyl sites for hydroxylation is 1. The highest BCUT2D eigenvalue weighted by Gasteiger charge is 2.30. The maximum Gasteiger partial charge on any atom is 0.335 e. The lowest BCUT2D eigenvalue weighted by Gasteiger charge is -2.23. The zero-order chi connectivity index (χ0) is 27.8. The summed E-state index contributed by atoms with van der Waals surface area (Å²) in [6.45, 7) is 0.925. The molecule has 0 N–H and O–H groups in total. The number of alkyl halides is 2. The molecule has 15 heteroatoms. The number of amides is 1. The summed E-state index contributed by atoms with van der Waals surface area (Å²) in [5, 5.41) is -0.173. The van der Waals surface area contributed by atoms with E-state index in [2.05, 4.69) is 0 Å². The number of aromatic nitrogens is 2. The van der Waals surface area contributed by atoms with E-state index in [4.69, 9.17) is 39.5 Å². The van der Waals surface area contributed by atoms with Gasteiger partial charge in [-0.05, 0) is 42.8 Å². The lowest BCUT2D eigenvalue weighted by Crippen LogP contribution is -2.41. The number of benzene rings is 2. The minimum absolute atomic E-state index is 0.267. The van der Waals surface area contributed by atoms with Gasteiger partial charge in [-0.25, -0.2) is 30.9 Å². The van der Waals surface area contributed by atoms with Crippen LogP contribution in [0.1, 0.15) is 17.7 Å².